The predicted molar refractivity (Wildman–Crippen MR) is 57.9 cm³/mol. The highest BCUT2D eigenvalue weighted by Gasteiger charge is 2.28. The van der Waals surface area contributed by atoms with Crippen molar-refractivity contribution in [3.05, 3.63) is 0 Å². The lowest BCUT2D eigenvalue weighted by Gasteiger charge is -2.07. The van der Waals surface area contributed by atoms with Crippen molar-refractivity contribution in [3.8, 4) is 0 Å². The largest absolute Gasteiger partial charge is 0.391 e. The van der Waals surface area contributed by atoms with E-state index in [4.69, 9.17) is 0 Å². The molecule has 2 atom stereocenters. The molecule has 84 valence electrons. The van der Waals surface area contributed by atoms with Crippen LogP contribution >= 0.6 is 31.9 Å². The molecule has 7 heteroatoms. The number of ether oxygens (including phenoxy) is 1. The second-order valence-electron chi connectivity index (χ2n) is 2.69. The summed E-state index contributed by atoms with van der Waals surface area (Å²) in [6.45, 7) is 2.34. The molecular formula is C8H8Br2O5. The fraction of sp³-hybridized carbons (Fsp3) is 0.500. The standard InChI is InChI=1S/C8H8Br2O5/c1-3(11)5(9)7(13)15-8(14)6(10)4(2)12/h5-6H,1-2H3. The summed E-state index contributed by atoms with van der Waals surface area (Å²) in [5.41, 5.74) is 0. The van der Waals surface area contributed by atoms with E-state index in [0.29, 0.717) is 0 Å². The number of carbonyl (C=O) groups is 4. The molecule has 0 fully saturated rings. The van der Waals surface area contributed by atoms with Crippen molar-refractivity contribution in [2.24, 2.45) is 0 Å². The molecule has 0 aliphatic carbocycles. The Kier molecular flexibility index (Phi) is 5.89. The zero-order valence-electron chi connectivity index (χ0n) is 7.95. The lowest BCUT2D eigenvalue weighted by molar-refractivity contribution is -0.159. The van der Waals surface area contributed by atoms with Gasteiger partial charge in [0.05, 0.1) is 0 Å². The van der Waals surface area contributed by atoms with Crippen LogP contribution in [0.3, 0.4) is 0 Å². The molecule has 0 spiro atoms. The van der Waals surface area contributed by atoms with Crippen LogP contribution in [0.15, 0.2) is 0 Å². The van der Waals surface area contributed by atoms with E-state index in [1.165, 1.54) is 13.8 Å². The van der Waals surface area contributed by atoms with Crippen LogP contribution in [0.2, 0.25) is 0 Å². The van der Waals surface area contributed by atoms with Crippen molar-refractivity contribution < 1.29 is 23.9 Å². The summed E-state index contributed by atoms with van der Waals surface area (Å²) in [4.78, 5) is 41.2. The normalized spacial score (nSPS) is 13.9. The number of hydrogen-bond acceptors (Lipinski definition) is 5. The number of halogens is 2. The van der Waals surface area contributed by atoms with Gasteiger partial charge in [0.15, 0.2) is 21.2 Å². The van der Waals surface area contributed by atoms with Gasteiger partial charge in [-0.05, 0) is 13.8 Å². The highest BCUT2D eigenvalue weighted by molar-refractivity contribution is 9.10. The third-order valence-electron chi connectivity index (χ3n) is 1.33. The molecule has 0 amide bonds. The van der Waals surface area contributed by atoms with Crippen molar-refractivity contribution in [2.45, 2.75) is 23.5 Å². The van der Waals surface area contributed by atoms with Gasteiger partial charge >= 0.3 is 11.9 Å². The average Bonchev–Trinajstić information content (AvgIpc) is 2.14. The second-order valence-corrected chi connectivity index (χ2v) is 4.52. The van der Waals surface area contributed by atoms with Gasteiger partial charge in [0.25, 0.3) is 0 Å². The Morgan fingerprint density at radius 1 is 0.867 bits per heavy atom. The molecule has 0 aliphatic heterocycles. The van der Waals surface area contributed by atoms with Crippen molar-refractivity contribution in [3.63, 3.8) is 0 Å². The Morgan fingerprint density at radius 3 is 1.33 bits per heavy atom. The van der Waals surface area contributed by atoms with E-state index >= 15 is 0 Å². The third kappa shape index (κ3) is 4.65. The first-order valence-electron chi connectivity index (χ1n) is 3.82. The highest BCUT2D eigenvalue weighted by Crippen LogP contribution is 2.08. The van der Waals surface area contributed by atoms with Crippen LogP contribution in [0.1, 0.15) is 13.8 Å². The van der Waals surface area contributed by atoms with E-state index in [1.54, 1.807) is 0 Å². The fourth-order valence-corrected chi connectivity index (χ4v) is 0.721. The Labute approximate surface area is 103 Å². The van der Waals surface area contributed by atoms with Gasteiger partial charge in [-0.15, -0.1) is 0 Å². The first-order valence-corrected chi connectivity index (χ1v) is 5.65. The van der Waals surface area contributed by atoms with Crippen molar-refractivity contribution in [1.29, 1.82) is 0 Å². The minimum atomic E-state index is -1.19. The van der Waals surface area contributed by atoms with E-state index in [9.17, 15) is 19.2 Å². The summed E-state index contributed by atoms with van der Waals surface area (Å²) in [7, 11) is 0. The van der Waals surface area contributed by atoms with E-state index < -0.39 is 33.2 Å². The van der Waals surface area contributed by atoms with Crippen molar-refractivity contribution in [2.75, 3.05) is 0 Å². The van der Waals surface area contributed by atoms with Crippen LogP contribution in [0, 0.1) is 0 Å². The van der Waals surface area contributed by atoms with Gasteiger partial charge in [0.1, 0.15) is 0 Å². The number of hydrogen-bond donors (Lipinski definition) is 0. The molecule has 2 unspecified atom stereocenters. The quantitative estimate of drug-likeness (QED) is 0.428. The van der Waals surface area contributed by atoms with Crippen LogP contribution < -0.4 is 0 Å². The van der Waals surface area contributed by atoms with Gasteiger partial charge < -0.3 is 4.74 Å². The Morgan fingerprint density at radius 2 is 1.13 bits per heavy atom. The smallest absolute Gasteiger partial charge is 0.335 e. The van der Waals surface area contributed by atoms with Crippen LogP contribution in [0.4, 0.5) is 0 Å². The van der Waals surface area contributed by atoms with Gasteiger partial charge in [-0.2, -0.15) is 0 Å². The lowest BCUT2D eigenvalue weighted by atomic mass is 10.3. The van der Waals surface area contributed by atoms with E-state index in [1.807, 2.05) is 0 Å². The average molecular weight is 344 g/mol. The molecular weight excluding hydrogens is 336 g/mol. The van der Waals surface area contributed by atoms with E-state index in [-0.39, 0.29) is 0 Å². The topological polar surface area (TPSA) is 77.5 Å². The molecule has 0 saturated carbocycles. The van der Waals surface area contributed by atoms with Crippen LogP contribution in [-0.4, -0.2) is 33.2 Å². The first-order chi connectivity index (χ1) is 6.77. The zero-order chi connectivity index (χ0) is 12.2. The van der Waals surface area contributed by atoms with E-state index in [2.05, 4.69) is 36.6 Å². The maximum Gasteiger partial charge on any atom is 0.335 e. The number of rotatable bonds is 4. The highest BCUT2D eigenvalue weighted by atomic mass is 79.9. The Hall–Kier alpha value is -0.560. The van der Waals surface area contributed by atoms with Crippen molar-refractivity contribution in [1.82, 2.24) is 0 Å². The summed E-state index contributed by atoms with van der Waals surface area (Å²) in [5.74, 6) is -3.03. The second kappa shape index (κ2) is 6.12. The minimum absolute atomic E-state index is 0.484. The van der Waals surface area contributed by atoms with Gasteiger partial charge in [-0.1, -0.05) is 31.9 Å². The predicted octanol–water partition coefficient (Wildman–Crippen LogP) is 0.761. The number of Topliss-reactive ketones (excluding diaryl/α,β-unsaturated/α-hetero) is 2. The fourth-order valence-electron chi connectivity index (χ4n) is 0.535. The molecule has 0 rings (SSSR count). The Bertz CT molecular complexity index is 282. The Balaban J connectivity index is 4.37. The number of ketones is 2. The summed E-state index contributed by atoms with van der Waals surface area (Å²) in [6.07, 6.45) is 0. The summed E-state index contributed by atoms with van der Waals surface area (Å²) in [6, 6.07) is 0. The maximum absolute atomic E-state index is 11.1. The van der Waals surface area contributed by atoms with Crippen LogP contribution in [0.25, 0.3) is 0 Å². The molecule has 0 aromatic heterocycles. The number of alkyl halides is 2. The minimum Gasteiger partial charge on any atom is -0.391 e. The maximum atomic E-state index is 11.1. The van der Waals surface area contributed by atoms with Gasteiger partial charge in [0.2, 0.25) is 0 Å². The van der Waals surface area contributed by atoms with E-state index in [0.717, 1.165) is 0 Å². The van der Waals surface area contributed by atoms with Gasteiger partial charge in [-0.25, -0.2) is 9.59 Å². The molecule has 0 aromatic carbocycles. The first kappa shape index (κ1) is 14.4. The number of carbonyl (C=O) groups excluding carboxylic acids is 4. The molecule has 15 heavy (non-hydrogen) atoms. The molecule has 0 N–H and O–H groups in total. The molecule has 5 nitrogen and oxygen atoms in total. The molecule has 0 heterocycles. The summed E-state index contributed by atoms with van der Waals surface area (Å²) >= 11 is 5.49. The molecule has 0 bridgehead atoms. The SMILES string of the molecule is CC(=O)C(Br)C(=O)OC(=O)C(Br)C(C)=O. The third-order valence-corrected chi connectivity index (χ3v) is 3.37. The summed E-state index contributed by atoms with van der Waals surface area (Å²) < 4.78 is 4.28. The van der Waals surface area contributed by atoms with Gasteiger partial charge in [-0.3, -0.25) is 9.59 Å². The summed E-state index contributed by atoms with van der Waals surface area (Å²) in [5, 5.41) is 0. The van der Waals surface area contributed by atoms with Crippen LogP contribution in [0.5, 0.6) is 0 Å². The molecule has 0 saturated heterocycles. The lowest BCUT2D eigenvalue weighted by Crippen LogP contribution is -2.32. The van der Waals surface area contributed by atoms with Gasteiger partial charge in [0, 0.05) is 0 Å². The molecule has 0 aliphatic rings. The zero-order valence-corrected chi connectivity index (χ0v) is 11.1. The monoisotopic (exact) mass is 342 g/mol. The van der Waals surface area contributed by atoms with Crippen LogP contribution in [-0.2, 0) is 23.9 Å². The molecule has 0 radical (unpaired) electrons. The number of esters is 2. The molecule has 0 aromatic rings. The van der Waals surface area contributed by atoms with Crippen molar-refractivity contribution >= 4 is 55.4 Å².